The van der Waals surface area contributed by atoms with E-state index in [2.05, 4.69) is 142 Å². The first-order valence-electron chi connectivity index (χ1n) is 13.8. The molecule has 0 aliphatic heterocycles. The summed E-state index contributed by atoms with van der Waals surface area (Å²) in [5.41, 5.74) is 0. The summed E-state index contributed by atoms with van der Waals surface area (Å²) in [7, 11) is -8.78. The van der Waals surface area contributed by atoms with Gasteiger partial charge in [-0.3, -0.25) is 0 Å². The first-order valence-corrected chi connectivity index (χ1v) is 37.3. The fourth-order valence-electron chi connectivity index (χ4n) is 5.86. The Kier molecular flexibility index (Phi) is 12.0. The van der Waals surface area contributed by atoms with Gasteiger partial charge in [-0.15, -0.1) is 0 Å². The molecule has 0 nitrogen and oxygen atoms in total. The maximum absolute atomic E-state index is 3.00. The van der Waals surface area contributed by atoms with Crippen LogP contribution in [0.25, 0.3) is 0 Å². The number of hydrogen-bond acceptors (Lipinski definition) is 0. The van der Waals surface area contributed by atoms with Gasteiger partial charge in [-0.25, -0.2) is 0 Å². The quantitative estimate of drug-likeness (QED) is 0.326. The van der Waals surface area contributed by atoms with E-state index in [9.17, 15) is 0 Å². The van der Waals surface area contributed by atoms with E-state index in [1.807, 2.05) is 10.4 Å². The normalized spacial score (nSPS) is 25.4. The summed E-state index contributed by atoms with van der Waals surface area (Å²) in [6, 6.07) is 0. The zero-order chi connectivity index (χ0) is 27.8. The number of allylic oxidation sites excluding steroid dienone is 8. The van der Waals surface area contributed by atoms with Crippen molar-refractivity contribution in [1.29, 1.82) is 0 Å². The van der Waals surface area contributed by atoms with Gasteiger partial charge in [0.15, 0.2) is 0 Å². The third-order valence-corrected chi connectivity index (χ3v) is 40.5. The van der Waals surface area contributed by atoms with Crippen molar-refractivity contribution < 1.29 is 48.0 Å². The van der Waals surface area contributed by atoms with E-state index in [-0.39, 0.29) is 24.8 Å². The molecule has 0 radical (unpaired) electrons. The van der Waals surface area contributed by atoms with Gasteiger partial charge in [0.2, 0.25) is 0 Å². The van der Waals surface area contributed by atoms with Gasteiger partial charge in [-0.05, 0) is 0 Å². The molecule has 9 heteroatoms. The van der Waals surface area contributed by atoms with Crippen molar-refractivity contribution in [2.75, 3.05) is 0 Å². The second-order valence-electron chi connectivity index (χ2n) is 17.6. The van der Waals surface area contributed by atoms with Gasteiger partial charge in [0.1, 0.15) is 0 Å². The van der Waals surface area contributed by atoms with Crippen LogP contribution >= 0.6 is 0 Å². The Morgan fingerprint density at radius 1 is 0.432 bits per heavy atom. The molecule has 0 amide bonds. The largest absolute Gasteiger partial charge is 1.00 e. The smallest absolute Gasteiger partial charge is 1.00 e. The Hall–Kier alpha value is 1.72. The third kappa shape index (κ3) is 7.57. The van der Waals surface area contributed by atoms with Crippen LogP contribution in [0.5, 0.6) is 0 Å². The summed E-state index contributed by atoms with van der Waals surface area (Å²) in [4.78, 5) is 0. The number of halogens is 2. The average molecular weight is 725 g/mol. The van der Waals surface area contributed by atoms with Crippen LogP contribution in [0.3, 0.4) is 0 Å². The summed E-state index contributed by atoms with van der Waals surface area (Å²) < 4.78 is 0.891. The van der Waals surface area contributed by atoms with Crippen molar-refractivity contribution in [2.24, 2.45) is 0 Å². The molecule has 2 atom stereocenters. The van der Waals surface area contributed by atoms with Crippen molar-refractivity contribution in [3.05, 3.63) is 45.1 Å². The molecular formula is C28H58Cl2Si6Zr. The monoisotopic (exact) mass is 722 g/mol. The minimum Gasteiger partial charge on any atom is -1.00 e. The van der Waals surface area contributed by atoms with E-state index < -0.39 is 71.7 Å². The summed E-state index contributed by atoms with van der Waals surface area (Å²) in [5, 5.41) is 7.51. The van der Waals surface area contributed by atoms with Crippen molar-refractivity contribution >= 4 is 48.4 Å². The molecule has 0 aromatic carbocycles. The van der Waals surface area contributed by atoms with Crippen LogP contribution in [0.2, 0.25) is 123 Å². The summed E-state index contributed by atoms with van der Waals surface area (Å²) in [6.07, 6.45) is 11.6. The molecule has 37 heavy (non-hydrogen) atoms. The molecular weight excluding hydrogens is 667 g/mol. The Bertz CT molecular complexity index is 907. The standard InChI is InChI=1S/2C14H29Si3.2ClH.Zr/c2*1-15(2,3)12-10-13(16(4,5)6)14(11-12)17(7,8)9;;;/h2*10-11H,1-9H3;2*1H;/q;;;;+2/p-2. The second-order valence-corrected chi connectivity index (χ2v) is 55.3. The molecule has 0 saturated heterocycles. The van der Waals surface area contributed by atoms with Crippen LogP contribution < -0.4 is 24.8 Å². The van der Waals surface area contributed by atoms with E-state index in [4.69, 9.17) is 0 Å². The molecule has 0 saturated carbocycles. The maximum atomic E-state index is 3.00. The fraction of sp³-hybridized carbons (Fsp3) is 0.714. The molecule has 0 aromatic heterocycles. The van der Waals surface area contributed by atoms with Gasteiger partial charge >= 0.3 is 240 Å². The van der Waals surface area contributed by atoms with Gasteiger partial charge in [0, 0.05) is 0 Å². The minimum atomic E-state index is -1.54. The fourth-order valence-corrected chi connectivity index (χ4v) is 40.0. The summed E-state index contributed by atoms with van der Waals surface area (Å²) in [5.74, 6) is 0. The molecule has 2 rings (SSSR count). The molecule has 0 N–H and O–H groups in total. The molecule has 212 valence electrons. The Morgan fingerprint density at radius 2 is 0.676 bits per heavy atom. The zero-order valence-corrected chi connectivity index (χ0v) is 37.5. The predicted octanol–water partition coefficient (Wildman–Crippen LogP) is 4.39. The van der Waals surface area contributed by atoms with Gasteiger partial charge in [0.25, 0.3) is 0 Å². The molecule has 0 bridgehead atoms. The van der Waals surface area contributed by atoms with Crippen molar-refractivity contribution in [2.45, 2.75) is 123 Å². The summed E-state index contributed by atoms with van der Waals surface area (Å²) >= 11 is -0.967. The minimum absolute atomic E-state index is 0. The third-order valence-electron chi connectivity index (χ3n) is 8.30. The van der Waals surface area contributed by atoms with Crippen LogP contribution in [0, 0.1) is 0 Å². The molecule has 0 fully saturated rings. The SMILES string of the molecule is C[Si](C)(C)C1=C[C]([Zr+2][C]2([Si](C)(C)C)C=C([Si](C)(C)C)C=C2[Si](C)(C)C)([Si](C)(C)C)C([Si](C)(C)C)=C1.[Cl-].[Cl-]. The van der Waals surface area contributed by atoms with E-state index in [0.717, 1.165) is 0 Å². The van der Waals surface area contributed by atoms with Crippen LogP contribution in [-0.2, 0) is 23.2 Å². The van der Waals surface area contributed by atoms with E-state index in [1.165, 1.54) is 0 Å². The van der Waals surface area contributed by atoms with Crippen molar-refractivity contribution in [1.82, 2.24) is 0 Å². The van der Waals surface area contributed by atoms with Crippen LogP contribution in [0.4, 0.5) is 0 Å². The Labute approximate surface area is 262 Å². The number of rotatable bonds is 8. The van der Waals surface area contributed by atoms with Gasteiger partial charge in [0.05, 0.1) is 0 Å². The predicted molar refractivity (Wildman–Crippen MR) is 178 cm³/mol. The maximum Gasteiger partial charge on any atom is -1.00 e. The molecule has 2 aliphatic rings. The Morgan fingerprint density at radius 3 is 0.838 bits per heavy atom. The van der Waals surface area contributed by atoms with Gasteiger partial charge in [-0.2, -0.15) is 0 Å². The van der Waals surface area contributed by atoms with Crippen molar-refractivity contribution in [3.8, 4) is 0 Å². The molecule has 2 aliphatic carbocycles. The Balaban J connectivity index is 0.00000648. The van der Waals surface area contributed by atoms with E-state index in [1.54, 1.807) is 10.4 Å². The van der Waals surface area contributed by atoms with E-state index in [0.29, 0.717) is 5.49 Å². The first-order chi connectivity index (χ1) is 15.1. The van der Waals surface area contributed by atoms with Crippen LogP contribution in [0.1, 0.15) is 0 Å². The van der Waals surface area contributed by atoms with Crippen LogP contribution in [0.15, 0.2) is 45.1 Å². The second kappa shape index (κ2) is 11.4. The first kappa shape index (κ1) is 38.7. The van der Waals surface area contributed by atoms with Gasteiger partial charge < -0.3 is 24.8 Å². The molecule has 0 heterocycles. The topological polar surface area (TPSA) is 0 Å². The van der Waals surface area contributed by atoms with E-state index >= 15 is 0 Å². The number of hydrogen-bond donors (Lipinski definition) is 0. The summed E-state index contributed by atoms with van der Waals surface area (Å²) in [6.45, 7) is 47.9. The molecule has 2 unspecified atom stereocenters. The molecule has 0 aromatic rings. The van der Waals surface area contributed by atoms with Gasteiger partial charge in [-0.1, -0.05) is 0 Å². The molecule has 0 spiro atoms. The van der Waals surface area contributed by atoms with Crippen LogP contribution in [-0.4, -0.2) is 48.4 Å². The zero-order valence-electron chi connectivity index (χ0n) is 27.6. The van der Waals surface area contributed by atoms with Crippen molar-refractivity contribution in [3.63, 3.8) is 0 Å². The average Bonchev–Trinajstić information content (AvgIpc) is 3.13.